The van der Waals surface area contributed by atoms with Crippen molar-refractivity contribution in [3.8, 4) is 11.3 Å². The Bertz CT molecular complexity index is 1100. The van der Waals surface area contributed by atoms with Crippen LogP contribution in [0.1, 0.15) is 5.56 Å². The Hall–Kier alpha value is -3.13. The largest absolute Gasteiger partial charge is 0.378 e. The highest BCUT2D eigenvalue weighted by atomic mass is 32.2. The topological polar surface area (TPSA) is 87.2 Å². The Balaban J connectivity index is 1.88. The SMILES string of the molecule is Cc1ccc(Nc2cc(-c3cccc(N(C)C)c3)ncn2)cc1NS(C)(=O)=O. The van der Waals surface area contributed by atoms with Crippen LogP contribution in [0.5, 0.6) is 0 Å². The zero-order valence-corrected chi connectivity index (χ0v) is 17.1. The Morgan fingerprint density at radius 1 is 1.00 bits per heavy atom. The van der Waals surface area contributed by atoms with Crippen LogP contribution >= 0.6 is 0 Å². The summed E-state index contributed by atoms with van der Waals surface area (Å²) in [6.07, 6.45) is 2.63. The summed E-state index contributed by atoms with van der Waals surface area (Å²) in [7, 11) is 0.633. The molecular formula is C20H23N5O2S. The number of anilines is 4. The van der Waals surface area contributed by atoms with Crippen molar-refractivity contribution in [2.75, 3.05) is 35.3 Å². The molecule has 8 heteroatoms. The van der Waals surface area contributed by atoms with E-state index in [1.807, 2.05) is 62.3 Å². The first-order chi connectivity index (χ1) is 13.2. The third-order valence-corrected chi connectivity index (χ3v) is 4.72. The molecule has 3 aromatic rings. The van der Waals surface area contributed by atoms with Crippen LogP contribution in [0.3, 0.4) is 0 Å². The molecule has 0 bridgehead atoms. The molecule has 0 amide bonds. The van der Waals surface area contributed by atoms with Gasteiger partial charge in [0.05, 0.1) is 17.6 Å². The maximum absolute atomic E-state index is 11.5. The maximum atomic E-state index is 11.5. The predicted molar refractivity (Wildman–Crippen MR) is 115 cm³/mol. The first-order valence-electron chi connectivity index (χ1n) is 8.66. The third-order valence-electron chi connectivity index (χ3n) is 4.13. The second-order valence-electron chi connectivity index (χ2n) is 6.76. The Labute approximate surface area is 165 Å². The molecule has 28 heavy (non-hydrogen) atoms. The van der Waals surface area contributed by atoms with E-state index in [1.54, 1.807) is 6.07 Å². The second-order valence-corrected chi connectivity index (χ2v) is 8.51. The normalized spacial score (nSPS) is 11.1. The summed E-state index contributed by atoms with van der Waals surface area (Å²) in [6.45, 7) is 1.85. The van der Waals surface area contributed by atoms with Gasteiger partial charge in [-0.1, -0.05) is 18.2 Å². The molecule has 0 aliphatic carbocycles. The number of nitrogens with zero attached hydrogens (tertiary/aromatic N) is 3. The summed E-state index contributed by atoms with van der Waals surface area (Å²) in [5.41, 5.74) is 4.95. The lowest BCUT2D eigenvalue weighted by Gasteiger charge is -2.14. The van der Waals surface area contributed by atoms with Gasteiger partial charge in [-0.05, 0) is 36.8 Å². The Morgan fingerprint density at radius 2 is 1.79 bits per heavy atom. The number of rotatable bonds is 6. The summed E-state index contributed by atoms with van der Waals surface area (Å²) < 4.78 is 25.6. The lowest BCUT2D eigenvalue weighted by Crippen LogP contribution is -2.10. The van der Waals surface area contributed by atoms with Crippen molar-refractivity contribution < 1.29 is 8.42 Å². The number of hydrogen-bond donors (Lipinski definition) is 2. The third kappa shape index (κ3) is 4.98. The molecule has 0 saturated carbocycles. The van der Waals surface area contributed by atoms with E-state index in [9.17, 15) is 8.42 Å². The van der Waals surface area contributed by atoms with Crippen LogP contribution in [0, 0.1) is 6.92 Å². The predicted octanol–water partition coefficient (Wildman–Crippen LogP) is 3.63. The number of nitrogens with one attached hydrogen (secondary N) is 2. The molecule has 2 N–H and O–H groups in total. The molecule has 1 heterocycles. The van der Waals surface area contributed by atoms with E-state index in [0.717, 1.165) is 34.5 Å². The van der Waals surface area contributed by atoms with Crippen LogP contribution in [-0.2, 0) is 10.0 Å². The van der Waals surface area contributed by atoms with Gasteiger partial charge in [0.25, 0.3) is 0 Å². The average molecular weight is 398 g/mol. The van der Waals surface area contributed by atoms with Gasteiger partial charge in [0, 0.05) is 37.1 Å². The lowest BCUT2D eigenvalue weighted by atomic mass is 10.1. The maximum Gasteiger partial charge on any atom is 0.229 e. The van der Waals surface area contributed by atoms with Crippen LogP contribution in [0.25, 0.3) is 11.3 Å². The van der Waals surface area contributed by atoms with Crippen molar-refractivity contribution in [1.82, 2.24) is 9.97 Å². The lowest BCUT2D eigenvalue weighted by molar-refractivity contribution is 0.607. The summed E-state index contributed by atoms with van der Waals surface area (Å²) >= 11 is 0. The van der Waals surface area contributed by atoms with Crippen molar-refractivity contribution in [2.45, 2.75) is 6.92 Å². The first-order valence-corrected chi connectivity index (χ1v) is 10.6. The van der Waals surface area contributed by atoms with Crippen LogP contribution < -0.4 is 14.9 Å². The zero-order chi connectivity index (χ0) is 20.3. The molecule has 0 fully saturated rings. The summed E-state index contributed by atoms with van der Waals surface area (Å²) in [5.74, 6) is 0.620. The molecule has 0 spiro atoms. The molecule has 0 radical (unpaired) electrons. The van der Waals surface area contributed by atoms with Crippen molar-refractivity contribution >= 4 is 32.9 Å². The fourth-order valence-corrected chi connectivity index (χ4v) is 3.30. The van der Waals surface area contributed by atoms with E-state index in [2.05, 4.69) is 26.1 Å². The van der Waals surface area contributed by atoms with Crippen molar-refractivity contribution in [1.29, 1.82) is 0 Å². The molecule has 7 nitrogen and oxygen atoms in total. The van der Waals surface area contributed by atoms with Crippen LogP contribution in [0.15, 0.2) is 54.9 Å². The molecule has 3 rings (SSSR count). The number of aromatic nitrogens is 2. The molecule has 0 atom stereocenters. The van der Waals surface area contributed by atoms with Crippen molar-refractivity contribution in [2.24, 2.45) is 0 Å². The minimum absolute atomic E-state index is 0.528. The van der Waals surface area contributed by atoms with Gasteiger partial charge < -0.3 is 10.2 Å². The fraction of sp³-hybridized carbons (Fsp3) is 0.200. The Morgan fingerprint density at radius 3 is 2.50 bits per heavy atom. The standard InChI is InChI=1S/C20H23N5O2S/c1-14-8-9-16(11-18(14)24-28(4,26)27)23-20-12-19(21-13-22-20)15-6-5-7-17(10-15)25(2)3/h5-13,24H,1-4H3,(H,21,22,23). The van der Waals surface area contributed by atoms with Gasteiger partial charge in [-0.3, -0.25) is 4.72 Å². The number of aryl methyl sites for hydroxylation is 1. The van der Waals surface area contributed by atoms with Crippen molar-refractivity contribution in [3.05, 3.63) is 60.4 Å². The molecule has 0 aliphatic heterocycles. The molecule has 146 valence electrons. The smallest absolute Gasteiger partial charge is 0.229 e. The van der Waals surface area contributed by atoms with Gasteiger partial charge in [0.15, 0.2) is 0 Å². The highest BCUT2D eigenvalue weighted by Crippen LogP contribution is 2.26. The van der Waals surface area contributed by atoms with E-state index >= 15 is 0 Å². The van der Waals surface area contributed by atoms with Gasteiger partial charge in [-0.2, -0.15) is 0 Å². The number of hydrogen-bond acceptors (Lipinski definition) is 6. The fourth-order valence-electron chi connectivity index (χ4n) is 2.68. The van der Waals surface area contributed by atoms with E-state index in [0.29, 0.717) is 11.5 Å². The van der Waals surface area contributed by atoms with Gasteiger partial charge in [0.1, 0.15) is 12.1 Å². The first kappa shape index (κ1) is 19.6. The molecule has 2 aromatic carbocycles. The van der Waals surface area contributed by atoms with Crippen molar-refractivity contribution in [3.63, 3.8) is 0 Å². The molecule has 0 saturated heterocycles. The van der Waals surface area contributed by atoms with Crippen LogP contribution in [0.4, 0.5) is 22.9 Å². The summed E-state index contributed by atoms with van der Waals surface area (Å²) in [4.78, 5) is 10.7. The Kier molecular flexibility index (Phi) is 5.51. The van der Waals surface area contributed by atoms with Gasteiger partial charge >= 0.3 is 0 Å². The summed E-state index contributed by atoms with van der Waals surface area (Å²) in [6, 6.07) is 15.4. The quantitative estimate of drug-likeness (QED) is 0.660. The minimum atomic E-state index is -3.35. The minimum Gasteiger partial charge on any atom is -0.378 e. The van der Waals surface area contributed by atoms with Crippen LogP contribution in [0.2, 0.25) is 0 Å². The van der Waals surface area contributed by atoms with Crippen LogP contribution in [-0.4, -0.2) is 38.7 Å². The zero-order valence-electron chi connectivity index (χ0n) is 16.3. The van der Waals surface area contributed by atoms with E-state index in [4.69, 9.17) is 0 Å². The highest BCUT2D eigenvalue weighted by Gasteiger charge is 2.08. The van der Waals surface area contributed by atoms with Gasteiger partial charge in [0.2, 0.25) is 10.0 Å². The van der Waals surface area contributed by atoms with E-state index in [1.165, 1.54) is 6.33 Å². The second kappa shape index (κ2) is 7.85. The molecule has 0 unspecified atom stereocenters. The van der Waals surface area contributed by atoms with Gasteiger partial charge in [-0.15, -0.1) is 0 Å². The molecule has 1 aromatic heterocycles. The van der Waals surface area contributed by atoms with E-state index in [-0.39, 0.29) is 0 Å². The highest BCUT2D eigenvalue weighted by molar-refractivity contribution is 7.92. The number of sulfonamides is 1. The summed E-state index contributed by atoms with van der Waals surface area (Å²) in [5, 5.41) is 3.21. The van der Waals surface area contributed by atoms with Gasteiger partial charge in [-0.25, -0.2) is 18.4 Å². The van der Waals surface area contributed by atoms with E-state index < -0.39 is 10.0 Å². The molecular weight excluding hydrogens is 374 g/mol. The average Bonchev–Trinajstić information content (AvgIpc) is 2.64. The molecule has 0 aliphatic rings. The monoisotopic (exact) mass is 397 g/mol. The number of benzene rings is 2.